The van der Waals surface area contributed by atoms with E-state index in [2.05, 4.69) is 36.4 Å². The van der Waals surface area contributed by atoms with Crippen LogP contribution in [0.4, 0.5) is 5.69 Å². The Morgan fingerprint density at radius 3 is 2.29 bits per heavy atom. The maximum atomic E-state index is 11.9. The highest BCUT2D eigenvalue weighted by atomic mass is 16.2. The van der Waals surface area contributed by atoms with Crippen molar-refractivity contribution in [3.05, 3.63) is 59.9 Å². The minimum Gasteiger partial charge on any atom is -0.350 e. The average molecular weight is 325 g/mol. The normalized spacial score (nSPS) is 11.0. The number of pyridine rings is 1. The summed E-state index contributed by atoms with van der Waals surface area (Å²) in [7, 11) is 0. The van der Waals surface area contributed by atoms with E-state index >= 15 is 0 Å². The first-order valence-corrected chi connectivity index (χ1v) is 7.91. The largest absolute Gasteiger partial charge is 0.350 e. The van der Waals surface area contributed by atoms with E-state index in [9.17, 15) is 9.59 Å². The molecule has 2 amide bonds. The van der Waals surface area contributed by atoms with Crippen molar-refractivity contribution in [2.24, 2.45) is 0 Å². The lowest BCUT2D eigenvalue weighted by molar-refractivity contribution is -0.126. The molecule has 1 heterocycles. The number of anilines is 1. The number of aromatic nitrogens is 1. The van der Waals surface area contributed by atoms with E-state index in [1.54, 1.807) is 6.20 Å². The van der Waals surface area contributed by atoms with Gasteiger partial charge in [0, 0.05) is 11.9 Å². The number of carbonyl (C=O) groups excluding carboxylic acids is 2. The minimum absolute atomic E-state index is 0.0634. The van der Waals surface area contributed by atoms with Crippen molar-refractivity contribution in [3.8, 4) is 0 Å². The maximum Gasteiger partial charge on any atom is 0.233 e. The molecule has 0 fully saturated rings. The lowest BCUT2D eigenvalue weighted by atomic mass is 9.87. The average Bonchev–Trinajstić information content (AvgIpc) is 2.53. The van der Waals surface area contributed by atoms with Gasteiger partial charge in [0.1, 0.15) is 6.42 Å². The highest BCUT2D eigenvalue weighted by molar-refractivity contribution is 6.03. The second kappa shape index (κ2) is 7.73. The molecule has 5 nitrogen and oxygen atoms in total. The molecule has 0 radical (unpaired) electrons. The molecule has 0 aliphatic carbocycles. The Bertz CT molecular complexity index is 689. The second-order valence-electron chi connectivity index (χ2n) is 6.65. The fourth-order valence-corrected chi connectivity index (χ4v) is 2.16. The standard InChI is InChI=1S/C19H23N3O2/c1-19(2,3)14-7-9-15(10-8-14)22-18(24)12-17(23)21-13-16-6-4-5-11-20-16/h4-11H,12-13H2,1-3H3,(H,21,23)(H,22,24). The molecule has 0 unspecified atom stereocenters. The van der Waals surface area contributed by atoms with E-state index in [1.165, 1.54) is 5.56 Å². The van der Waals surface area contributed by atoms with Gasteiger partial charge >= 0.3 is 0 Å². The number of nitrogens with one attached hydrogen (secondary N) is 2. The van der Waals surface area contributed by atoms with E-state index in [-0.39, 0.29) is 23.7 Å². The van der Waals surface area contributed by atoms with Crippen LogP contribution in [0, 0.1) is 0 Å². The molecule has 0 saturated heterocycles. The van der Waals surface area contributed by atoms with Crippen LogP contribution in [0.1, 0.15) is 38.4 Å². The smallest absolute Gasteiger partial charge is 0.233 e. The highest BCUT2D eigenvalue weighted by Crippen LogP contribution is 2.23. The predicted molar refractivity (Wildman–Crippen MR) is 94.5 cm³/mol. The summed E-state index contributed by atoms with van der Waals surface area (Å²) in [5.41, 5.74) is 2.69. The number of amides is 2. The fraction of sp³-hybridized carbons (Fsp3) is 0.316. The van der Waals surface area contributed by atoms with E-state index in [1.807, 2.05) is 42.5 Å². The zero-order valence-electron chi connectivity index (χ0n) is 14.3. The Balaban J connectivity index is 1.81. The Hall–Kier alpha value is -2.69. The van der Waals surface area contributed by atoms with Gasteiger partial charge < -0.3 is 10.6 Å². The van der Waals surface area contributed by atoms with Gasteiger partial charge in [-0.2, -0.15) is 0 Å². The second-order valence-corrected chi connectivity index (χ2v) is 6.65. The van der Waals surface area contributed by atoms with E-state index in [0.29, 0.717) is 12.2 Å². The van der Waals surface area contributed by atoms with Gasteiger partial charge in [0.15, 0.2) is 0 Å². The van der Waals surface area contributed by atoms with Gasteiger partial charge in [0.25, 0.3) is 0 Å². The molecule has 1 aromatic heterocycles. The van der Waals surface area contributed by atoms with Crippen LogP contribution in [0.5, 0.6) is 0 Å². The maximum absolute atomic E-state index is 11.9. The van der Waals surface area contributed by atoms with Crippen molar-refractivity contribution in [2.75, 3.05) is 5.32 Å². The summed E-state index contributed by atoms with van der Waals surface area (Å²) in [5.74, 6) is -0.665. The fourth-order valence-electron chi connectivity index (χ4n) is 2.16. The van der Waals surface area contributed by atoms with Gasteiger partial charge in [-0.15, -0.1) is 0 Å². The van der Waals surface area contributed by atoms with Gasteiger partial charge in [0.2, 0.25) is 11.8 Å². The predicted octanol–water partition coefficient (Wildman–Crippen LogP) is 3.02. The molecule has 126 valence electrons. The zero-order valence-corrected chi connectivity index (χ0v) is 14.3. The summed E-state index contributed by atoms with van der Waals surface area (Å²) in [6.45, 7) is 6.71. The number of hydrogen-bond acceptors (Lipinski definition) is 3. The molecular weight excluding hydrogens is 302 g/mol. The van der Waals surface area contributed by atoms with Crippen molar-refractivity contribution in [1.29, 1.82) is 0 Å². The third-order valence-electron chi connectivity index (χ3n) is 3.55. The quantitative estimate of drug-likeness (QED) is 0.830. The van der Waals surface area contributed by atoms with E-state index in [0.717, 1.165) is 5.69 Å². The molecule has 1 aromatic carbocycles. The molecule has 0 spiro atoms. The summed E-state index contributed by atoms with van der Waals surface area (Å²) >= 11 is 0. The van der Waals surface area contributed by atoms with Crippen LogP contribution in [-0.4, -0.2) is 16.8 Å². The molecule has 24 heavy (non-hydrogen) atoms. The number of benzene rings is 1. The molecular formula is C19H23N3O2. The molecule has 0 atom stereocenters. The lowest BCUT2D eigenvalue weighted by Crippen LogP contribution is -2.28. The molecule has 2 aromatic rings. The monoisotopic (exact) mass is 325 g/mol. The molecule has 2 rings (SSSR count). The van der Waals surface area contributed by atoms with Crippen LogP contribution in [-0.2, 0) is 21.5 Å². The molecule has 0 bridgehead atoms. The van der Waals surface area contributed by atoms with Gasteiger partial charge in [-0.1, -0.05) is 39.0 Å². The van der Waals surface area contributed by atoms with Crippen LogP contribution < -0.4 is 10.6 Å². The van der Waals surface area contributed by atoms with Gasteiger partial charge in [-0.05, 0) is 35.2 Å². The summed E-state index contributed by atoms with van der Waals surface area (Å²) in [4.78, 5) is 27.8. The number of nitrogens with zero attached hydrogens (tertiary/aromatic N) is 1. The van der Waals surface area contributed by atoms with Crippen LogP contribution >= 0.6 is 0 Å². The van der Waals surface area contributed by atoms with Gasteiger partial charge in [0.05, 0.1) is 12.2 Å². The SMILES string of the molecule is CC(C)(C)c1ccc(NC(=O)CC(=O)NCc2ccccn2)cc1. The first kappa shape index (κ1) is 17.7. The number of rotatable bonds is 5. The third kappa shape index (κ3) is 5.50. The summed E-state index contributed by atoms with van der Waals surface area (Å²) in [6.07, 6.45) is 1.45. The zero-order chi connectivity index (χ0) is 17.6. The van der Waals surface area contributed by atoms with Crippen LogP contribution in [0.3, 0.4) is 0 Å². The molecule has 2 N–H and O–H groups in total. The summed E-state index contributed by atoms with van der Waals surface area (Å²) in [5, 5.41) is 5.42. The van der Waals surface area contributed by atoms with Gasteiger partial charge in [-0.25, -0.2) is 0 Å². The van der Waals surface area contributed by atoms with Gasteiger partial charge in [-0.3, -0.25) is 14.6 Å². The van der Waals surface area contributed by atoms with Crippen LogP contribution in [0.2, 0.25) is 0 Å². The lowest BCUT2D eigenvalue weighted by Gasteiger charge is -2.19. The van der Waals surface area contributed by atoms with E-state index in [4.69, 9.17) is 0 Å². The Morgan fingerprint density at radius 2 is 1.71 bits per heavy atom. The Labute approximate surface area is 142 Å². The Morgan fingerprint density at radius 1 is 1.00 bits per heavy atom. The highest BCUT2D eigenvalue weighted by Gasteiger charge is 2.14. The van der Waals surface area contributed by atoms with Crippen molar-refractivity contribution in [3.63, 3.8) is 0 Å². The number of carbonyl (C=O) groups is 2. The minimum atomic E-state index is -0.336. The molecule has 0 aliphatic heterocycles. The topological polar surface area (TPSA) is 71.1 Å². The van der Waals surface area contributed by atoms with Crippen LogP contribution in [0.15, 0.2) is 48.7 Å². The van der Waals surface area contributed by atoms with Crippen molar-refractivity contribution in [2.45, 2.75) is 39.2 Å². The molecule has 0 saturated carbocycles. The van der Waals surface area contributed by atoms with Crippen LogP contribution in [0.25, 0.3) is 0 Å². The Kier molecular flexibility index (Phi) is 5.68. The third-order valence-corrected chi connectivity index (χ3v) is 3.55. The molecule has 0 aliphatic rings. The summed E-state index contributed by atoms with van der Waals surface area (Å²) in [6, 6.07) is 13.1. The first-order chi connectivity index (χ1) is 11.3. The van der Waals surface area contributed by atoms with Crippen molar-refractivity contribution in [1.82, 2.24) is 10.3 Å². The summed E-state index contributed by atoms with van der Waals surface area (Å²) < 4.78 is 0. The van der Waals surface area contributed by atoms with Crippen molar-refractivity contribution >= 4 is 17.5 Å². The molecule has 5 heteroatoms. The van der Waals surface area contributed by atoms with E-state index < -0.39 is 0 Å². The number of hydrogen-bond donors (Lipinski definition) is 2. The van der Waals surface area contributed by atoms with Crippen molar-refractivity contribution < 1.29 is 9.59 Å². The first-order valence-electron chi connectivity index (χ1n) is 7.91.